The summed E-state index contributed by atoms with van der Waals surface area (Å²) in [6.07, 6.45) is 0.966. The van der Waals surface area contributed by atoms with E-state index >= 15 is 0 Å². The van der Waals surface area contributed by atoms with E-state index in [0.29, 0.717) is 19.7 Å². The molecule has 0 aromatic heterocycles. The predicted molar refractivity (Wildman–Crippen MR) is 73.9 cm³/mol. The van der Waals surface area contributed by atoms with Gasteiger partial charge < -0.3 is 14.4 Å². The standard InChI is InChI=1S/C14H27NO4/c1-6-9-10-18-13(16)11(4)12(5)19-14(17)15(7-2)8-3/h11-12H,6-10H2,1-5H3. The van der Waals surface area contributed by atoms with E-state index in [1.54, 1.807) is 18.7 Å². The summed E-state index contributed by atoms with van der Waals surface area (Å²) in [4.78, 5) is 25.1. The maximum atomic E-state index is 11.8. The third-order valence-electron chi connectivity index (χ3n) is 3.13. The zero-order valence-corrected chi connectivity index (χ0v) is 12.8. The summed E-state index contributed by atoms with van der Waals surface area (Å²) >= 11 is 0. The van der Waals surface area contributed by atoms with Crippen LogP contribution in [0.15, 0.2) is 0 Å². The number of rotatable bonds is 8. The fourth-order valence-electron chi connectivity index (χ4n) is 1.46. The molecule has 0 aliphatic carbocycles. The van der Waals surface area contributed by atoms with Crippen molar-refractivity contribution in [2.24, 2.45) is 5.92 Å². The minimum atomic E-state index is -0.484. The average molecular weight is 273 g/mol. The maximum Gasteiger partial charge on any atom is 0.410 e. The lowest BCUT2D eigenvalue weighted by Gasteiger charge is -2.24. The van der Waals surface area contributed by atoms with Gasteiger partial charge in [0.15, 0.2) is 0 Å². The maximum absolute atomic E-state index is 11.8. The van der Waals surface area contributed by atoms with Gasteiger partial charge in [0.25, 0.3) is 0 Å². The number of unbranched alkanes of at least 4 members (excludes halogenated alkanes) is 1. The van der Waals surface area contributed by atoms with Crippen LogP contribution in [0.4, 0.5) is 4.79 Å². The van der Waals surface area contributed by atoms with Crippen molar-refractivity contribution < 1.29 is 19.1 Å². The van der Waals surface area contributed by atoms with Crippen LogP contribution in [0.2, 0.25) is 0 Å². The van der Waals surface area contributed by atoms with Gasteiger partial charge in [-0.15, -0.1) is 0 Å². The molecule has 19 heavy (non-hydrogen) atoms. The normalized spacial score (nSPS) is 13.5. The Kier molecular flexibility index (Phi) is 9.00. The van der Waals surface area contributed by atoms with Gasteiger partial charge in [-0.05, 0) is 34.1 Å². The summed E-state index contributed by atoms with van der Waals surface area (Å²) in [5.74, 6) is -0.760. The SMILES string of the molecule is CCCCOC(=O)C(C)C(C)OC(=O)N(CC)CC. The monoisotopic (exact) mass is 273 g/mol. The van der Waals surface area contributed by atoms with Crippen molar-refractivity contribution in [3.8, 4) is 0 Å². The lowest BCUT2D eigenvalue weighted by atomic mass is 10.1. The average Bonchev–Trinajstić information content (AvgIpc) is 2.39. The van der Waals surface area contributed by atoms with E-state index in [1.165, 1.54) is 0 Å². The number of nitrogens with zero attached hydrogens (tertiary/aromatic N) is 1. The van der Waals surface area contributed by atoms with Crippen LogP contribution in [-0.2, 0) is 14.3 Å². The van der Waals surface area contributed by atoms with Crippen LogP contribution < -0.4 is 0 Å². The Morgan fingerprint density at radius 1 is 1.11 bits per heavy atom. The molecule has 0 N–H and O–H groups in total. The molecule has 2 unspecified atom stereocenters. The number of amides is 1. The molecule has 0 spiro atoms. The molecule has 5 heteroatoms. The second-order valence-electron chi connectivity index (χ2n) is 4.57. The largest absolute Gasteiger partial charge is 0.465 e. The number of ether oxygens (including phenoxy) is 2. The third kappa shape index (κ3) is 6.45. The van der Waals surface area contributed by atoms with E-state index < -0.39 is 12.0 Å². The van der Waals surface area contributed by atoms with Crippen LogP contribution in [0.5, 0.6) is 0 Å². The predicted octanol–water partition coefficient (Wildman–Crippen LogP) is 2.83. The Labute approximate surface area is 116 Å². The van der Waals surface area contributed by atoms with Crippen LogP contribution in [0, 0.1) is 5.92 Å². The minimum Gasteiger partial charge on any atom is -0.465 e. The van der Waals surface area contributed by atoms with Gasteiger partial charge in [-0.3, -0.25) is 4.79 Å². The number of carbonyl (C=O) groups excluding carboxylic acids is 2. The lowest BCUT2D eigenvalue weighted by Crippen LogP contribution is -2.37. The molecule has 0 rings (SSSR count). The number of carbonyl (C=O) groups is 2. The molecule has 0 aromatic carbocycles. The van der Waals surface area contributed by atoms with Gasteiger partial charge in [0.2, 0.25) is 0 Å². The zero-order chi connectivity index (χ0) is 14.8. The summed E-state index contributed by atoms with van der Waals surface area (Å²) < 4.78 is 10.4. The lowest BCUT2D eigenvalue weighted by molar-refractivity contribution is -0.151. The van der Waals surface area contributed by atoms with Crippen molar-refractivity contribution >= 4 is 12.1 Å². The molecule has 0 fully saturated rings. The summed E-state index contributed by atoms with van der Waals surface area (Å²) in [6.45, 7) is 10.9. The van der Waals surface area contributed by atoms with E-state index in [-0.39, 0.29) is 12.1 Å². The van der Waals surface area contributed by atoms with E-state index in [1.807, 2.05) is 20.8 Å². The summed E-state index contributed by atoms with van der Waals surface area (Å²) in [6, 6.07) is 0. The van der Waals surface area contributed by atoms with E-state index in [4.69, 9.17) is 9.47 Å². The van der Waals surface area contributed by atoms with Gasteiger partial charge in [0.1, 0.15) is 6.10 Å². The molecule has 0 bridgehead atoms. The van der Waals surface area contributed by atoms with Crippen LogP contribution in [-0.4, -0.2) is 42.8 Å². The van der Waals surface area contributed by atoms with Gasteiger partial charge in [0, 0.05) is 13.1 Å². The Balaban J connectivity index is 4.21. The fourth-order valence-corrected chi connectivity index (χ4v) is 1.46. The van der Waals surface area contributed by atoms with Crippen LogP contribution in [0.25, 0.3) is 0 Å². The molecule has 5 nitrogen and oxygen atoms in total. The molecule has 0 aliphatic rings. The van der Waals surface area contributed by atoms with Crippen molar-refractivity contribution in [1.29, 1.82) is 0 Å². The van der Waals surface area contributed by atoms with E-state index in [9.17, 15) is 9.59 Å². The fraction of sp³-hybridized carbons (Fsp3) is 0.857. The first-order valence-corrected chi connectivity index (χ1v) is 7.09. The molecule has 0 aliphatic heterocycles. The molecule has 0 heterocycles. The molecular formula is C14H27NO4. The molecule has 0 saturated heterocycles. The van der Waals surface area contributed by atoms with Gasteiger partial charge in [0.05, 0.1) is 12.5 Å². The number of hydrogen-bond acceptors (Lipinski definition) is 4. The first kappa shape index (κ1) is 17.7. The van der Waals surface area contributed by atoms with Crippen LogP contribution >= 0.6 is 0 Å². The third-order valence-corrected chi connectivity index (χ3v) is 3.13. The zero-order valence-electron chi connectivity index (χ0n) is 12.8. The highest BCUT2D eigenvalue weighted by molar-refractivity contribution is 5.74. The van der Waals surface area contributed by atoms with Crippen molar-refractivity contribution in [3.63, 3.8) is 0 Å². The van der Waals surface area contributed by atoms with Crippen LogP contribution in [0.3, 0.4) is 0 Å². The van der Waals surface area contributed by atoms with Gasteiger partial charge in [-0.25, -0.2) is 4.79 Å². The van der Waals surface area contributed by atoms with Crippen molar-refractivity contribution in [2.45, 2.75) is 53.6 Å². The second-order valence-corrected chi connectivity index (χ2v) is 4.57. The Morgan fingerprint density at radius 3 is 2.16 bits per heavy atom. The van der Waals surface area contributed by atoms with Crippen molar-refractivity contribution in [3.05, 3.63) is 0 Å². The van der Waals surface area contributed by atoms with Gasteiger partial charge in [-0.2, -0.15) is 0 Å². The summed E-state index contributed by atoms with van der Waals surface area (Å²) in [5.41, 5.74) is 0. The first-order valence-electron chi connectivity index (χ1n) is 7.09. The minimum absolute atomic E-state index is 0.312. The molecule has 1 amide bonds. The number of esters is 1. The first-order chi connectivity index (χ1) is 8.97. The highest BCUT2D eigenvalue weighted by Crippen LogP contribution is 2.11. The smallest absolute Gasteiger partial charge is 0.410 e. The van der Waals surface area contributed by atoms with E-state index in [0.717, 1.165) is 12.8 Å². The highest BCUT2D eigenvalue weighted by Gasteiger charge is 2.26. The molecule has 0 radical (unpaired) electrons. The second kappa shape index (κ2) is 9.64. The molecule has 2 atom stereocenters. The summed E-state index contributed by atoms with van der Waals surface area (Å²) in [7, 11) is 0. The Morgan fingerprint density at radius 2 is 1.68 bits per heavy atom. The van der Waals surface area contributed by atoms with Gasteiger partial charge in [-0.1, -0.05) is 13.3 Å². The molecule has 0 saturated carbocycles. The molecule has 0 aromatic rings. The highest BCUT2D eigenvalue weighted by atomic mass is 16.6. The topological polar surface area (TPSA) is 55.8 Å². The number of hydrogen-bond donors (Lipinski definition) is 0. The molecular weight excluding hydrogens is 246 g/mol. The summed E-state index contributed by atoms with van der Waals surface area (Å²) in [5, 5.41) is 0. The quantitative estimate of drug-likeness (QED) is 0.504. The Bertz CT molecular complexity index is 277. The van der Waals surface area contributed by atoms with Crippen molar-refractivity contribution in [2.75, 3.05) is 19.7 Å². The molecule has 112 valence electrons. The Hall–Kier alpha value is -1.26. The van der Waals surface area contributed by atoms with Gasteiger partial charge >= 0.3 is 12.1 Å². The van der Waals surface area contributed by atoms with E-state index in [2.05, 4.69) is 0 Å². The van der Waals surface area contributed by atoms with Crippen molar-refractivity contribution in [1.82, 2.24) is 4.90 Å². The van der Waals surface area contributed by atoms with Crippen LogP contribution in [0.1, 0.15) is 47.5 Å².